The van der Waals surface area contributed by atoms with Crippen LogP contribution in [0.3, 0.4) is 0 Å². The third kappa shape index (κ3) is 3.35. The van der Waals surface area contributed by atoms with Gasteiger partial charge in [-0.05, 0) is 80.8 Å². The number of nitrogens with one attached hydrogen (secondary N) is 1. The van der Waals surface area contributed by atoms with E-state index in [2.05, 4.69) is 0 Å². The fraction of sp³-hybridized carbons (Fsp3) is 0.650. The van der Waals surface area contributed by atoms with Gasteiger partial charge in [0.25, 0.3) is 5.91 Å². The summed E-state index contributed by atoms with van der Waals surface area (Å²) < 4.78 is 46.9. The number of carbonyl (C=O) groups excluding carboxylic acids is 1. The molecule has 5 rings (SSSR count). The Balaban J connectivity index is 1.40. The highest BCUT2D eigenvalue weighted by Gasteiger charge is 2.42. The van der Waals surface area contributed by atoms with Crippen LogP contribution in [0, 0.1) is 17.7 Å². The fourth-order valence-electron chi connectivity index (χ4n) is 4.70. The van der Waals surface area contributed by atoms with Crippen molar-refractivity contribution in [2.75, 3.05) is 0 Å². The number of carbonyl (C=O) groups is 1. The van der Waals surface area contributed by atoms with Crippen LogP contribution in [-0.2, 0) is 10.0 Å². The molecule has 7 heteroatoms. The molecule has 1 N–H and O–H groups in total. The fourth-order valence-corrected chi connectivity index (χ4v) is 5.99. The normalized spacial score (nSPS) is 29.7. The molecule has 4 aliphatic carbocycles. The lowest BCUT2D eigenvalue weighted by Gasteiger charge is -2.25. The Morgan fingerprint density at radius 3 is 2.44 bits per heavy atom. The number of benzene rings is 1. The van der Waals surface area contributed by atoms with E-state index < -0.39 is 27.0 Å². The molecule has 4 saturated carbocycles. The molecule has 146 valence electrons. The van der Waals surface area contributed by atoms with Crippen LogP contribution in [0.5, 0.6) is 5.75 Å². The highest BCUT2D eigenvalue weighted by atomic mass is 32.2. The third-order valence-electron chi connectivity index (χ3n) is 6.51. The smallest absolute Gasteiger partial charge is 0.267 e. The highest BCUT2D eigenvalue weighted by Crippen LogP contribution is 2.49. The number of sulfonamides is 1. The van der Waals surface area contributed by atoms with Gasteiger partial charge in [0.15, 0.2) is 0 Å². The Morgan fingerprint density at radius 1 is 1.07 bits per heavy atom. The van der Waals surface area contributed by atoms with Gasteiger partial charge in [0, 0.05) is 6.07 Å². The zero-order chi connectivity index (χ0) is 18.8. The zero-order valence-corrected chi connectivity index (χ0v) is 15.9. The zero-order valence-electron chi connectivity index (χ0n) is 15.1. The summed E-state index contributed by atoms with van der Waals surface area (Å²) in [6, 6.07) is 2.80. The Hall–Kier alpha value is -1.63. The highest BCUT2D eigenvalue weighted by molar-refractivity contribution is 7.91. The summed E-state index contributed by atoms with van der Waals surface area (Å²) in [6.07, 6.45) is 7.88. The van der Waals surface area contributed by atoms with Gasteiger partial charge in [0.1, 0.15) is 17.7 Å². The molecule has 5 nitrogen and oxygen atoms in total. The Labute approximate surface area is 158 Å². The monoisotopic (exact) mass is 393 g/mol. The number of fused-ring (bicyclic) bond motifs is 2. The molecular weight excluding hydrogens is 369 g/mol. The quantitative estimate of drug-likeness (QED) is 0.803. The van der Waals surface area contributed by atoms with Crippen molar-refractivity contribution in [2.45, 2.75) is 68.6 Å². The SMILES string of the molecule is O=C(NS(=O)(=O)C1CC1)c1cc(C2CC2)c(OC2CC3CCC2C3)cc1F. The topological polar surface area (TPSA) is 72.5 Å². The van der Waals surface area contributed by atoms with Gasteiger partial charge >= 0.3 is 0 Å². The second-order valence-electron chi connectivity index (χ2n) is 8.65. The van der Waals surface area contributed by atoms with Crippen molar-refractivity contribution in [3.63, 3.8) is 0 Å². The van der Waals surface area contributed by atoms with Crippen LogP contribution in [0.1, 0.15) is 73.2 Å². The van der Waals surface area contributed by atoms with Gasteiger partial charge in [-0.2, -0.15) is 0 Å². The maximum Gasteiger partial charge on any atom is 0.267 e. The first-order valence-electron chi connectivity index (χ1n) is 9.97. The van der Waals surface area contributed by atoms with E-state index in [1.54, 1.807) is 0 Å². The van der Waals surface area contributed by atoms with Crippen LogP contribution in [0.2, 0.25) is 0 Å². The van der Waals surface area contributed by atoms with Gasteiger partial charge in [-0.3, -0.25) is 4.79 Å². The first-order chi connectivity index (χ1) is 12.9. The molecule has 0 saturated heterocycles. The van der Waals surface area contributed by atoms with Crippen LogP contribution in [-0.4, -0.2) is 25.7 Å². The minimum atomic E-state index is -3.70. The van der Waals surface area contributed by atoms with E-state index in [0.717, 1.165) is 30.7 Å². The minimum absolute atomic E-state index is 0.135. The second kappa shape index (κ2) is 6.19. The molecule has 0 spiro atoms. The van der Waals surface area contributed by atoms with Crippen molar-refractivity contribution >= 4 is 15.9 Å². The Morgan fingerprint density at radius 2 is 1.85 bits per heavy atom. The van der Waals surface area contributed by atoms with Crippen molar-refractivity contribution in [1.29, 1.82) is 0 Å². The lowest BCUT2D eigenvalue weighted by atomic mass is 9.97. The molecule has 2 bridgehead atoms. The average molecular weight is 393 g/mol. The number of ether oxygens (including phenoxy) is 1. The van der Waals surface area contributed by atoms with Crippen LogP contribution < -0.4 is 9.46 Å². The third-order valence-corrected chi connectivity index (χ3v) is 8.33. The van der Waals surface area contributed by atoms with Gasteiger partial charge in [-0.15, -0.1) is 0 Å². The van der Waals surface area contributed by atoms with E-state index in [9.17, 15) is 17.6 Å². The van der Waals surface area contributed by atoms with Crippen molar-refractivity contribution in [1.82, 2.24) is 4.72 Å². The maximum atomic E-state index is 14.7. The lowest BCUT2D eigenvalue weighted by Crippen LogP contribution is -2.34. The van der Waals surface area contributed by atoms with Gasteiger partial charge in [-0.1, -0.05) is 0 Å². The molecule has 4 fully saturated rings. The lowest BCUT2D eigenvalue weighted by molar-refractivity contribution is 0.0977. The van der Waals surface area contributed by atoms with Gasteiger partial charge in [-0.25, -0.2) is 17.5 Å². The maximum absolute atomic E-state index is 14.7. The minimum Gasteiger partial charge on any atom is -0.490 e. The Kier molecular flexibility index (Phi) is 4.00. The van der Waals surface area contributed by atoms with Crippen LogP contribution in [0.15, 0.2) is 12.1 Å². The van der Waals surface area contributed by atoms with E-state index >= 15 is 0 Å². The summed E-state index contributed by atoms with van der Waals surface area (Å²) in [6.45, 7) is 0. The van der Waals surface area contributed by atoms with Crippen LogP contribution in [0.25, 0.3) is 0 Å². The van der Waals surface area contributed by atoms with E-state index in [0.29, 0.717) is 24.5 Å². The van der Waals surface area contributed by atoms with E-state index in [1.165, 1.54) is 31.4 Å². The average Bonchev–Trinajstić information content (AvgIpc) is 3.53. The second-order valence-corrected chi connectivity index (χ2v) is 10.6. The van der Waals surface area contributed by atoms with Gasteiger partial charge in [0.05, 0.1) is 10.8 Å². The predicted molar refractivity (Wildman–Crippen MR) is 97.6 cm³/mol. The summed E-state index contributed by atoms with van der Waals surface area (Å²) in [4.78, 5) is 12.4. The molecule has 0 aliphatic heterocycles. The number of hydrogen-bond acceptors (Lipinski definition) is 4. The van der Waals surface area contributed by atoms with E-state index in [1.807, 2.05) is 4.72 Å². The molecule has 1 amide bonds. The van der Waals surface area contributed by atoms with E-state index in [-0.39, 0.29) is 17.6 Å². The molecule has 0 heterocycles. The summed E-state index contributed by atoms with van der Waals surface area (Å²) >= 11 is 0. The molecule has 3 atom stereocenters. The molecule has 0 radical (unpaired) electrons. The number of amides is 1. The summed E-state index contributed by atoms with van der Waals surface area (Å²) in [5, 5.41) is -0.521. The van der Waals surface area contributed by atoms with Crippen LogP contribution in [0.4, 0.5) is 4.39 Å². The first kappa shape index (κ1) is 17.5. The van der Waals surface area contributed by atoms with E-state index in [4.69, 9.17) is 4.74 Å². The molecule has 4 aliphatic rings. The van der Waals surface area contributed by atoms with Crippen molar-refractivity contribution in [2.24, 2.45) is 11.8 Å². The molecule has 27 heavy (non-hydrogen) atoms. The molecule has 3 unspecified atom stereocenters. The molecule has 1 aromatic carbocycles. The first-order valence-corrected chi connectivity index (χ1v) is 11.5. The summed E-state index contributed by atoms with van der Waals surface area (Å²) in [5.41, 5.74) is 0.634. The number of hydrogen-bond donors (Lipinski definition) is 1. The van der Waals surface area contributed by atoms with Gasteiger partial charge < -0.3 is 4.74 Å². The van der Waals surface area contributed by atoms with Crippen molar-refractivity contribution in [3.8, 4) is 5.75 Å². The number of halogens is 1. The predicted octanol–water partition coefficient (Wildman–Crippen LogP) is 3.49. The molecular formula is C20H24FNO4S. The largest absolute Gasteiger partial charge is 0.490 e. The molecule has 0 aromatic heterocycles. The van der Waals surface area contributed by atoms with Gasteiger partial charge in [0.2, 0.25) is 10.0 Å². The van der Waals surface area contributed by atoms with Crippen molar-refractivity contribution in [3.05, 3.63) is 29.1 Å². The summed E-state index contributed by atoms with van der Waals surface area (Å²) in [5.74, 6) is 0.484. The summed E-state index contributed by atoms with van der Waals surface area (Å²) in [7, 11) is -3.70. The van der Waals surface area contributed by atoms with Crippen molar-refractivity contribution < 1.29 is 22.3 Å². The standard InChI is InChI=1S/C20H24FNO4S/c21-17-10-19(26-18-8-11-1-2-13(18)7-11)15(12-3-4-12)9-16(17)20(23)22-27(24,25)14-5-6-14/h9-14,18H,1-8H2,(H,22,23). The Bertz CT molecular complexity index is 891. The molecule has 1 aromatic rings. The number of rotatable bonds is 6. The van der Waals surface area contributed by atoms with Crippen LogP contribution >= 0.6 is 0 Å².